The van der Waals surface area contributed by atoms with Gasteiger partial charge in [-0.3, -0.25) is 4.79 Å². The topological polar surface area (TPSA) is 68.5 Å². The van der Waals surface area contributed by atoms with Crippen LogP contribution in [0.25, 0.3) is 5.65 Å². The van der Waals surface area contributed by atoms with Crippen LogP contribution >= 0.6 is 0 Å². The molecule has 0 aliphatic heterocycles. The van der Waals surface area contributed by atoms with E-state index < -0.39 is 0 Å². The van der Waals surface area contributed by atoms with Crippen LogP contribution in [0, 0.1) is 20.8 Å². The van der Waals surface area contributed by atoms with Crippen molar-refractivity contribution in [3.05, 3.63) is 64.1 Å². The number of nitrogens with zero attached hydrogens (tertiary/aromatic N) is 3. The van der Waals surface area contributed by atoms with Crippen molar-refractivity contribution in [2.24, 2.45) is 0 Å². The van der Waals surface area contributed by atoms with Crippen molar-refractivity contribution in [2.45, 2.75) is 27.2 Å². The van der Waals surface area contributed by atoms with E-state index >= 15 is 0 Å². The zero-order chi connectivity index (χ0) is 18.7. The molecule has 0 saturated heterocycles. The Labute approximate surface area is 153 Å². The van der Waals surface area contributed by atoms with E-state index in [-0.39, 0.29) is 5.91 Å². The monoisotopic (exact) mass is 352 g/mol. The first-order valence-electron chi connectivity index (χ1n) is 8.67. The molecule has 0 atom stereocenters. The summed E-state index contributed by atoms with van der Waals surface area (Å²) in [4.78, 5) is 17.0. The second-order valence-electron chi connectivity index (χ2n) is 6.47. The molecule has 0 radical (unpaired) electrons. The highest BCUT2D eigenvalue weighted by molar-refractivity contribution is 5.99. The second-order valence-corrected chi connectivity index (χ2v) is 6.47. The molecule has 136 valence electrons. The van der Waals surface area contributed by atoms with Crippen LogP contribution in [0.2, 0.25) is 0 Å². The zero-order valence-corrected chi connectivity index (χ0v) is 15.7. The molecule has 6 nitrogen and oxygen atoms in total. The van der Waals surface area contributed by atoms with Gasteiger partial charge in [-0.15, -0.1) is 0 Å². The van der Waals surface area contributed by atoms with Gasteiger partial charge in [0.15, 0.2) is 5.65 Å². The molecule has 26 heavy (non-hydrogen) atoms. The van der Waals surface area contributed by atoms with Crippen molar-refractivity contribution in [1.82, 2.24) is 19.9 Å². The minimum Gasteiger partial charge on any atom is -0.383 e. The van der Waals surface area contributed by atoms with Crippen LogP contribution < -0.4 is 5.32 Å². The minimum atomic E-state index is -0.186. The average Bonchev–Trinajstić information content (AvgIpc) is 3.04. The third kappa shape index (κ3) is 3.60. The highest BCUT2D eigenvalue weighted by Gasteiger charge is 2.18. The van der Waals surface area contributed by atoms with E-state index in [1.807, 2.05) is 13.8 Å². The van der Waals surface area contributed by atoms with Crippen LogP contribution in [0.1, 0.15) is 38.4 Å². The van der Waals surface area contributed by atoms with Gasteiger partial charge >= 0.3 is 0 Å². The average molecular weight is 352 g/mol. The summed E-state index contributed by atoms with van der Waals surface area (Å²) in [7, 11) is 1.60. The summed E-state index contributed by atoms with van der Waals surface area (Å²) in [5.41, 5.74) is 6.60. The van der Waals surface area contributed by atoms with Crippen LogP contribution in [0.3, 0.4) is 0 Å². The van der Waals surface area contributed by atoms with E-state index in [0.29, 0.717) is 24.4 Å². The lowest BCUT2D eigenvalue weighted by Gasteiger charge is -2.12. The van der Waals surface area contributed by atoms with E-state index in [1.54, 1.807) is 17.8 Å². The van der Waals surface area contributed by atoms with Crippen molar-refractivity contribution in [3.8, 4) is 0 Å². The summed E-state index contributed by atoms with van der Waals surface area (Å²) >= 11 is 0. The summed E-state index contributed by atoms with van der Waals surface area (Å²) < 4.78 is 6.72. The van der Waals surface area contributed by atoms with Gasteiger partial charge in [-0.25, -0.2) is 9.50 Å². The fourth-order valence-corrected chi connectivity index (χ4v) is 3.00. The van der Waals surface area contributed by atoms with Gasteiger partial charge in [-0.05, 0) is 31.9 Å². The Balaban J connectivity index is 1.93. The van der Waals surface area contributed by atoms with E-state index in [4.69, 9.17) is 4.74 Å². The van der Waals surface area contributed by atoms with Gasteiger partial charge < -0.3 is 10.1 Å². The molecular formula is C20H24N4O2. The molecule has 0 bridgehead atoms. The molecule has 6 heteroatoms. The number of carbonyl (C=O) groups is 1. The Hall–Kier alpha value is -2.73. The lowest BCUT2D eigenvalue weighted by Crippen LogP contribution is -2.27. The van der Waals surface area contributed by atoms with Crippen molar-refractivity contribution < 1.29 is 9.53 Å². The van der Waals surface area contributed by atoms with Crippen molar-refractivity contribution in [1.29, 1.82) is 0 Å². The number of aryl methyl sites for hydroxylation is 3. The Bertz CT molecular complexity index is 929. The summed E-state index contributed by atoms with van der Waals surface area (Å²) in [6.07, 6.45) is 2.36. The number of fused-ring (bicyclic) bond motifs is 1. The molecule has 2 aromatic heterocycles. The number of ether oxygens (including phenoxy) is 1. The predicted octanol–water partition coefficient (Wildman–Crippen LogP) is 2.62. The molecule has 3 aromatic rings. The molecule has 3 rings (SSSR count). The molecule has 2 heterocycles. The standard InChI is InChI=1S/C20H24N4O2/c1-13-5-7-16(8-6-13)11-17-14(2)23-19-18(12-22-24(19)15(17)3)20(25)21-9-10-26-4/h5-8,12H,9-11H2,1-4H3,(H,21,25). The third-order valence-corrected chi connectivity index (χ3v) is 4.55. The SMILES string of the molecule is COCCNC(=O)c1cnn2c(C)c(Cc3ccc(C)cc3)c(C)nc12. The molecular weight excluding hydrogens is 328 g/mol. The lowest BCUT2D eigenvalue weighted by atomic mass is 10.0. The van der Waals surface area contributed by atoms with Crippen LogP contribution in [0.4, 0.5) is 0 Å². The maximum absolute atomic E-state index is 12.4. The van der Waals surface area contributed by atoms with E-state index in [9.17, 15) is 4.79 Å². The summed E-state index contributed by atoms with van der Waals surface area (Å²) in [6.45, 7) is 7.01. The number of hydrogen-bond donors (Lipinski definition) is 1. The van der Waals surface area contributed by atoms with E-state index in [2.05, 4.69) is 46.6 Å². The molecule has 0 fully saturated rings. The molecule has 0 aliphatic rings. The Morgan fingerprint density at radius 2 is 1.92 bits per heavy atom. The Morgan fingerprint density at radius 1 is 1.19 bits per heavy atom. The number of nitrogens with one attached hydrogen (secondary N) is 1. The fraction of sp³-hybridized carbons (Fsp3) is 0.350. The highest BCUT2D eigenvalue weighted by atomic mass is 16.5. The first kappa shape index (κ1) is 18.1. The van der Waals surface area contributed by atoms with E-state index in [0.717, 1.165) is 23.4 Å². The van der Waals surface area contributed by atoms with Crippen LogP contribution in [0.15, 0.2) is 30.5 Å². The van der Waals surface area contributed by atoms with Crippen LogP contribution in [-0.4, -0.2) is 40.8 Å². The third-order valence-electron chi connectivity index (χ3n) is 4.55. The molecule has 1 aromatic carbocycles. The Morgan fingerprint density at radius 3 is 2.62 bits per heavy atom. The van der Waals surface area contributed by atoms with Gasteiger partial charge in [0.2, 0.25) is 0 Å². The molecule has 0 aliphatic carbocycles. The Kier molecular flexibility index (Phi) is 5.32. The van der Waals surface area contributed by atoms with E-state index in [1.165, 1.54) is 11.1 Å². The smallest absolute Gasteiger partial charge is 0.256 e. The van der Waals surface area contributed by atoms with Crippen molar-refractivity contribution >= 4 is 11.6 Å². The summed E-state index contributed by atoms with van der Waals surface area (Å²) in [5.74, 6) is -0.186. The lowest BCUT2D eigenvalue weighted by molar-refractivity contribution is 0.0938. The normalized spacial score (nSPS) is 11.1. The first-order valence-corrected chi connectivity index (χ1v) is 8.67. The van der Waals surface area contributed by atoms with Crippen molar-refractivity contribution in [3.63, 3.8) is 0 Å². The van der Waals surface area contributed by atoms with Crippen molar-refractivity contribution in [2.75, 3.05) is 20.3 Å². The van der Waals surface area contributed by atoms with Gasteiger partial charge in [0, 0.05) is 31.5 Å². The number of rotatable bonds is 6. The quantitative estimate of drug-likeness (QED) is 0.693. The molecule has 1 amide bonds. The molecule has 1 N–H and O–H groups in total. The number of carbonyl (C=O) groups excluding carboxylic acids is 1. The zero-order valence-electron chi connectivity index (χ0n) is 15.7. The second kappa shape index (κ2) is 7.66. The number of benzene rings is 1. The van der Waals surface area contributed by atoms with Gasteiger partial charge in [0.05, 0.1) is 12.8 Å². The summed E-state index contributed by atoms with van der Waals surface area (Å²) in [5, 5.41) is 7.21. The van der Waals surface area contributed by atoms with Crippen LogP contribution in [-0.2, 0) is 11.2 Å². The minimum absolute atomic E-state index is 0.186. The van der Waals surface area contributed by atoms with Crippen LogP contribution in [0.5, 0.6) is 0 Å². The van der Waals surface area contributed by atoms with Gasteiger partial charge in [-0.2, -0.15) is 5.10 Å². The number of hydrogen-bond acceptors (Lipinski definition) is 4. The fourth-order valence-electron chi connectivity index (χ4n) is 3.00. The first-order chi connectivity index (χ1) is 12.5. The maximum atomic E-state index is 12.4. The number of amides is 1. The number of aromatic nitrogens is 3. The highest BCUT2D eigenvalue weighted by Crippen LogP contribution is 2.20. The van der Waals surface area contributed by atoms with Gasteiger partial charge in [0.25, 0.3) is 5.91 Å². The van der Waals surface area contributed by atoms with Gasteiger partial charge in [0.1, 0.15) is 5.56 Å². The molecule has 0 saturated carbocycles. The van der Waals surface area contributed by atoms with Gasteiger partial charge in [-0.1, -0.05) is 29.8 Å². The summed E-state index contributed by atoms with van der Waals surface area (Å²) in [6, 6.07) is 8.50. The predicted molar refractivity (Wildman–Crippen MR) is 101 cm³/mol. The maximum Gasteiger partial charge on any atom is 0.256 e. The largest absolute Gasteiger partial charge is 0.383 e. The molecule has 0 unspecified atom stereocenters. The number of methoxy groups -OCH3 is 1. The molecule has 0 spiro atoms.